The molecule has 0 aromatic heterocycles. The van der Waals surface area contributed by atoms with Gasteiger partial charge in [-0.2, -0.15) is 4.39 Å². The minimum absolute atomic E-state index is 0.120. The number of amides is 1. The third-order valence-corrected chi connectivity index (χ3v) is 2.90. The summed E-state index contributed by atoms with van der Waals surface area (Å²) in [5.41, 5.74) is -0.563. The molecule has 0 bridgehead atoms. The molecule has 0 unspecified atom stereocenters. The molecule has 0 aliphatic carbocycles. The molecular weight excluding hydrogens is 255 g/mol. The highest BCUT2D eigenvalue weighted by Crippen LogP contribution is 2.20. The van der Waals surface area contributed by atoms with Gasteiger partial charge in [-0.1, -0.05) is 0 Å². The number of ether oxygens (including phenoxy) is 1. The Morgan fingerprint density at radius 3 is 2.89 bits per heavy atom. The van der Waals surface area contributed by atoms with Gasteiger partial charge in [0.25, 0.3) is 5.91 Å². The summed E-state index contributed by atoms with van der Waals surface area (Å²) < 4.78 is 18.4. The van der Waals surface area contributed by atoms with E-state index in [4.69, 9.17) is 4.74 Å². The highest BCUT2D eigenvalue weighted by molar-refractivity contribution is 5.94. The lowest BCUT2D eigenvalue weighted by atomic mass is 10.1. The fourth-order valence-corrected chi connectivity index (χ4v) is 1.92. The minimum atomic E-state index is -0.944. The number of hydrogen-bond donors (Lipinski definition) is 0. The molecule has 0 radical (unpaired) electrons. The molecule has 2 rings (SSSR count). The molecule has 7 heteroatoms. The van der Waals surface area contributed by atoms with Gasteiger partial charge in [-0.3, -0.25) is 14.9 Å². The lowest BCUT2D eigenvalue weighted by molar-refractivity contribution is -0.387. The maximum atomic E-state index is 13.2. The van der Waals surface area contributed by atoms with Crippen LogP contribution in [0.25, 0.3) is 0 Å². The first-order valence-corrected chi connectivity index (χ1v) is 5.90. The molecular formula is C12H13FN2O4. The summed E-state index contributed by atoms with van der Waals surface area (Å²) in [5, 5.41) is 10.6. The van der Waals surface area contributed by atoms with E-state index in [9.17, 15) is 19.3 Å². The van der Waals surface area contributed by atoms with Crippen LogP contribution in [0.4, 0.5) is 10.1 Å². The third kappa shape index (κ3) is 3.05. The van der Waals surface area contributed by atoms with Gasteiger partial charge in [-0.15, -0.1) is 0 Å². The van der Waals surface area contributed by atoms with Crippen LogP contribution in [0.1, 0.15) is 16.8 Å². The number of hydrogen-bond acceptors (Lipinski definition) is 4. The second-order valence-corrected chi connectivity index (χ2v) is 4.18. The van der Waals surface area contributed by atoms with Crippen LogP contribution in [-0.2, 0) is 4.74 Å². The Balaban J connectivity index is 2.23. The summed E-state index contributed by atoms with van der Waals surface area (Å²) >= 11 is 0. The van der Waals surface area contributed by atoms with Gasteiger partial charge in [0, 0.05) is 31.3 Å². The SMILES string of the molecule is O=C(c1ccc(F)c([N+](=O)[O-])c1)N1CCCOCC1. The van der Waals surface area contributed by atoms with Crippen molar-refractivity contribution in [2.75, 3.05) is 26.3 Å². The van der Waals surface area contributed by atoms with Crippen LogP contribution in [0.5, 0.6) is 0 Å². The highest BCUT2D eigenvalue weighted by atomic mass is 19.1. The number of nitrogens with zero attached hydrogens (tertiary/aromatic N) is 2. The highest BCUT2D eigenvalue weighted by Gasteiger charge is 2.21. The van der Waals surface area contributed by atoms with Gasteiger partial charge in [0.1, 0.15) is 0 Å². The first-order chi connectivity index (χ1) is 9.09. The Hall–Kier alpha value is -2.02. The van der Waals surface area contributed by atoms with E-state index in [1.807, 2.05) is 0 Å². The van der Waals surface area contributed by atoms with E-state index in [0.29, 0.717) is 26.3 Å². The number of nitro benzene ring substituents is 1. The molecule has 102 valence electrons. The average Bonchev–Trinajstić information content (AvgIpc) is 2.67. The van der Waals surface area contributed by atoms with Crippen LogP contribution in [0.15, 0.2) is 18.2 Å². The predicted octanol–water partition coefficient (Wildman–Crippen LogP) is 1.60. The summed E-state index contributed by atoms with van der Waals surface area (Å²) in [6.45, 7) is 2.00. The molecule has 6 nitrogen and oxygen atoms in total. The van der Waals surface area contributed by atoms with Gasteiger partial charge in [0.2, 0.25) is 5.82 Å². The van der Waals surface area contributed by atoms with Gasteiger partial charge in [-0.05, 0) is 18.6 Å². The maximum Gasteiger partial charge on any atom is 0.305 e. The monoisotopic (exact) mass is 268 g/mol. The second-order valence-electron chi connectivity index (χ2n) is 4.18. The molecule has 0 atom stereocenters. The molecule has 0 spiro atoms. The van der Waals surface area contributed by atoms with Crippen LogP contribution >= 0.6 is 0 Å². The van der Waals surface area contributed by atoms with Gasteiger partial charge in [0.15, 0.2) is 0 Å². The summed E-state index contributed by atoms with van der Waals surface area (Å²) in [4.78, 5) is 23.5. The molecule has 1 aliphatic rings. The first-order valence-electron chi connectivity index (χ1n) is 5.90. The molecule has 1 aromatic rings. The number of carbonyl (C=O) groups is 1. The zero-order valence-corrected chi connectivity index (χ0v) is 10.2. The fraction of sp³-hybridized carbons (Fsp3) is 0.417. The Kier molecular flexibility index (Phi) is 4.06. The smallest absolute Gasteiger partial charge is 0.305 e. The number of nitro groups is 1. The van der Waals surface area contributed by atoms with Crippen LogP contribution in [0.2, 0.25) is 0 Å². The zero-order valence-electron chi connectivity index (χ0n) is 10.2. The molecule has 1 heterocycles. The van der Waals surface area contributed by atoms with E-state index in [1.165, 1.54) is 6.07 Å². The number of benzene rings is 1. The lowest BCUT2D eigenvalue weighted by Gasteiger charge is -2.19. The van der Waals surface area contributed by atoms with E-state index in [-0.39, 0.29) is 11.5 Å². The van der Waals surface area contributed by atoms with E-state index in [0.717, 1.165) is 18.6 Å². The molecule has 0 N–H and O–H groups in total. The molecule has 0 saturated carbocycles. The van der Waals surface area contributed by atoms with Crippen molar-refractivity contribution in [3.05, 3.63) is 39.7 Å². The first kappa shape index (κ1) is 13.4. The van der Waals surface area contributed by atoms with Gasteiger partial charge >= 0.3 is 5.69 Å². The largest absolute Gasteiger partial charge is 0.380 e. The Morgan fingerprint density at radius 1 is 1.37 bits per heavy atom. The van der Waals surface area contributed by atoms with Crippen molar-refractivity contribution >= 4 is 11.6 Å². The molecule has 19 heavy (non-hydrogen) atoms. The van der Waals surface area contributed by atoms with Gasteiger partial charge in [0.05, 0.1) is 11.5 Å². The van der Waals surface area contributed by atoms with Crippen LogP contribution in [0, 0.1) is 15.9 Å². The Bertz CT molecular complexity index is 499. The Morgan fingerprint density at radius 2 is 2.16 bits per heavy atom. The maximum absolute atomic E-state index is 13.2. The van der Waals surface area contributed by atoms with Gasteiger partial charge in [-0.25, -0.2) is 0 Å². The lowest BCUT2D eigenvalue weighted by Crippen LogP contribution is -2.33. The summed E-state index contributed by atoms with van der Waals surface area (Å²) in [6, 6.07) is 3.18. The van der Waals surface area contributed by atoms with E-state index >= 15 is 0 Å². The molecule has 1 aliphatic heterocycles. The third-order valence-electron chi connectivity index (χ3n) is 2.90. The van der Waals surface area contributed by atoms with Crippen LogP contribution < -0.4 is 0 Å². The van der Waals surface area contributed by atoms with Crippen molar-refractivity contribution in [3.63, 3.8) is 0 Å². The topological polar surface area (TPSA) is 72.7 Å². The van der Waals surface area contributed by atoms with E-state index in [2.05, 4.69) is 0 Å². The fourth-order valence-electron chi connectivity index (χ4n) is 1.92. The minimum Gasteiger partial charge on any atom is -0.380 e. The van der Waals surface area contributed by atoms with Crippen molar-refractivity contribution in [1.29, 1.82) is 0 Å². The summed E-state index contributed by atoms with van der Waals surface area (Å²) in [7, 11) is 0. The van der Waals surface area contributed by atoms with Crippen LogP contribution in [0.3, 0.4) is 0 Å². The van der Waals surface area contributed by atoms with Crippen molar-refractivity contribution < 1.29 is 18.8 Å². The van der Waals surface area contributed by atoms with Crippen molar-refractivity contribution in [2.24, 2.45) is 0 Å². The molecule has 1 aromatic carbocycles. The second kappa shape index (κ2) is 5.75. The van der Waals surface area contributed by atoms with Crippen molar-refractivity contribution in [2.45, 2.75) is 6.42 Å². The number of rotatable bonds is 2. The van der Waals surface area contributed by atoms with Gasteiger partial charge < -0.3 is 9.64 Å². The van der Waals surface area contributed by atoms with Crippen molar-refractivity contribution in [1.82, 2.24) is 4.90 Å². The molecule has 1 saturated heterocycles. The Labute approximate surface area is 108 Å². The zero-order chi connectivity index (χ0) is 13.8. The summed E-state index contributed by atoms with van der Waals surface area (Å²) in [5.74, 6) is -1.28. The standard InChI is InChI=1S/C12H13FN2O4/c13-10-3-2-9(8-11(10)15(17)18)12(16)14-4-1-6-19-7-5-14/h2-3,8H,1,4-7H2. The number of carbonyl (C=O) groups excluding carboxylic acids is 1. The summed E-state index contributed by atoms with van der Waals surface area (Å²) in [6.07, 6.45) is 0.717. The normalized spacial score (nSPS) is 15.9. The predicted molar refractivity (Wildman–Crippen MR) is 64.4 cm³/mol. The molecule has 1 fully saturated rings. The average molecular weight is 268 g/mol. The van der Waals surface area contributed by atoms with E-state index in [1.54, 1.807) is 4.90 Å². The molecule has 1 amide bonds. The van der Waals surface area contributed by atoms with Crippen LogP contribution in [-0.4, -0.2) is 42.0 Å². The van der Waals surface area contributed by atoms with E-state index < -0.39 is 16.4 Å². The number of halogens is 1. The quantitative estimate of drug-likeness (QED) is 0.603. The van der Waals surface area contributed by atoms with Crippen molar-refractivity contribution in [3.8, 4) is 0 Å².